The summed E-state index contributed by atoms with van der Waals surface area (Å²) in [6.07, 6.45) is 0. The number of hydrogen-bond acceptors (Lipinski definition) is 8. The van der Waals surface area contributed by atoms with E-state index in [0.29, 0.717) is 16.4 Å². The number of rotatable bonds is 6. The van der Waals surface area contributed by atoms with Crippen LogP contribution in [0.15, 0.2) is 40.9 Å². The zero-order valence-electron chi connectivity index (χ0n) is 13.6. The Kier molecular flexibility index (Phi) is 5.65. The topological polar surface area (TPSA) is 94.2 Å². The van der Waals surface area contributed by atoms with Gasteiger partial charge in [-0.1, -0.05) is 40.5 Å². The summed E-state index contributed by atoms with van der Waals surface area (Å²) in [4.78, 5) is 17.7. The van der Waals surface area contributed by atoms with Crippen LogP contribution in [0.2, 0.25) is 10.2 Å². The van der Waals surface area contributed by atoms with Gasteiger partial charge in [-0.15, -0.1) is 10.2 Å². The molecule has 0 unspecified atom stereocenters. The van der Waals surface area contributed by atoms with E-state index in [9.17, 15) is 4.79 Å². The Morgan fingerprint density at radius 2 is 2.00 bits per heavy atom. The summed E-state index contributed by atoms with van der Waals surface area (Å²) in [6.45, 7) is -0.140. The number of anilines is 1. The molecule has 1 aromatic carbocycles. The van der Waals surface area contributed by atoms with E-state index in [1.807, 2.05) is 0 Å². The zero-order valence-corrected chi connectivity index (χ0v) is 15.1. The maximum atomic E-state index is 12.0. The van der Waals surface area contributed by atoms with Crippen molar-refractivity contribution in [1.29, 1.82) is 0 Å². The van der Waals surface area contributed by atoms with Crippen molar-refractivity contribution in [3.63, 3.8) is 0 Å². The zero-order chi connectivity index (χ0) is 18.5. The van der Waals surface area contributed by atoms with Crippen LogP contribution in [0.4, 0.5) is 5.82 Å². The second-order valence-corrected chi connectivity index (χ2v) is 6.02. The van der Waals surface area contributed by atoms with Crippen LogP contribution in [-0.4, -0.2) is 39.9 Å². The number of carbonyl (C=O) groups is 1. The van der Waals surface area contributed by atoms with Gasteiger partial charge in [-0.05, 0) is 24.3 Å². The highest BCUT2D eigenvalue weighted by molar-refractivity contribution is 6.33. The number of likely N-dealkylation sites (N-methyl/N-ethyl adjacent to an activating group) is 1. The van der Waals surface area contributed by atoms with Crippen LogP contribution < -0.4 is 4.90 Å². The lowest BCUT2D eigenvalue weighted by molar-refractivity contribution is -0.143. The molecule has 2 heterocycles. The lowest BCUT2D eigenvalue weighted by Crippen LogP contribution is -2.28. The first-order chi connectivity index (χ1) is 12.5. The third-order valence-electron chi connectivity index (χ3n) is 3.31. The second kappa shape index (κ2) is 8.11. The van der Waals surface area contributed by atoms with E-state index in [0.717, 1.165) is 0 Å². The molecule has 0 aliphatic rings. The summed E-state index contributed by atoms with van der Waals surface area (Å²) in [6, 6.07) is 10.3. The molecule has 0 bridgehead atoms. The first-order valence-electron chi connectivity index (χ1n) is 7.46. The molecular formula is C16H13Cl2N5O3. The minimum atomic E-state index is -0.478. The average Bonchev–Trinajstić information content (AvgIpc) is 3.09. The van der Waals surface area contributed by atoms with Crippen molar-refractivity contribution in [2.45, 2.75) is 6.61 Å². The van der Waals surface area contributed by atoms with Gasteiger partial charge in [-0.2, -0.15) is 4.98 Å². The fourth-order valence-electron chi connectivity index (χ4n) is 2.03. The quantitative estimate of drug-likeness (QED) is 0.589. The van der Waals surface area contributed by atoms with Gasteiger partial charge in [0.25, 0.3) is 5.89 Å². The van der Waals surface area contributed by atoms with E-state index in [2.05, 4.69) is 20.3 Å². The predicted molar refractivity (Wildman–Crippen MR) is 94.9 cm³/mol. The summed E-state index contributed by atoms with van der Waals surface area (Å²) in [5.74, 6) is 0.512. The van der Waals surface area contributed by atoms with Crippen LogP contribution >= 0.6 is 23.2 Å². The molecule has 0 spiro atoms. The van der Waals surface area contributed by atoms with E-state index >= 15 is 0 Å². The lowest BCUT2D eigenvalue weighted by atomic mass is 10.2. The molecule has 8 nitrogen and oxygen atoms in total. The van der Waals surface area contributed by atoms with Crippen LogP contribution in [0.5, 0.6) is 0 Å². The molecule has 26 heavy (non-hydrogen) atoms. The number of carbonyl (C=O) groups excluding carboxylic acids is 1. The highest BCUT2D eigenvalue weighted by Gasteiger charge is 2.15. The van der Waals surface area contributed by atoms with Crippen LogP contribution in [0.3, 0.4) is 0 Å². The standard InChI is InChI=1S/C16H13Cl2N5O3/c1-23(14-7-6-12(18)20-21-14)8-15(24)25-9-13-19-16(26-22-13)10-4-2-3-5-11(10)17/h2-7H,8-9H2,1H3. The molecule has 3 aromatic rings. The summed E-state index contributed by atoms with van der Waals surface area (Å²) in [7, 11) is 1.68. The summed E-state index contributed by atoms with van der Waals surface area (Å²) in [5, 5.41) is 12.1. The molecule has 0 saturated heterocycles. The van der Waals surface area contributed by atoms with Crippen molar-refractivity contribution >= 4 is 35.0 Å². The van der Waals surface area contributed by atoms with E-state index in [-0.39, 0.29) is 30.0 Å². The molecule has 3 rings (SSSR count). The van der Waals surface area contributed by atoms with Gasteiger partial charge < -0.3 is 14.2 Å². The minimum Gasteiger partial charge on any atom is -0.456 e. The molecule has 10 heteroatoms. The van der Waals surface area contributed by atoms with Gasteiger partial charge >= 0.3 is 5.97 Å². The van der Waals surface area contributed by atoms with E-state index < -0.39 is 5.97 Å². The van der Waals surface area contributed by atoms with Gasteiger partial charge in [0.05, 0.1) is 10.6 Å². The number of nitrogens with zero attached hydrogens (tertiary/aromatic N) is 5. The van der Waals surface area contributed by atoms with Crippen molar-refractivity contribution in [3.8, 4) is 11.5 Å². The molecule has 0 N–H and O–H groups in total. The number of benzene rings is 1. The Hall–Kier alpha value is -2.71. The fraction of sp³-hybridized carbons (Fsp3) is 0.188. The maximum Gasteiger partial charge on any atom is 0.326 e. The van der Waals surface area contributed by atoms with Crippen LogP contribution in [0.25, 0.3) is 11.5 Å². The smallest absolute Gasteiger partial charge is 0.326 e. The SMILES string of the molecule is CN(CC(=O)OCc1noc(-c2ccccc2Cl)n1)c1ccc(Cl)nn1. The summed E-state index contributed by atoms with van der Waals surface area (Å²) >= 11 is 11.8. The molecule has 0 fully saturated rings. The fourth-order valence-corrected chi connectivity index (χ4v) is 2.35. The van der Waals surface area contributed by atoms with Gasteiger partial charge in [0.2, 0.25) is 5.82 Å². The number of esters is 1. The van der Waals surface area contributed by atoms with E-state index in [1.54, 1.807) is 48.3 Å². The van der Waals surface area contributed by atoms with Crippen molar-refractivity contribution < 1.29 is 14.1 Å². The molecule has 0 aliphatic heterocycles. The number of hydrogen-bond donors (Lipinski definition) is 0. The lowest BCUT2D eigenvalue weighted by Gasteiger charge is -2.15. The minimum absolute atomic E-state index is 0.0223. The number of halogens is 2. The molecule has 0 saturated carbocycles. The van der Waals surface area contributed by atoms with Gasteiger partial charge in [0.15, 0.2) is 17.6 Å². The highest BCUT2D eigenvalue weighted by atomic mass is 35.5. The van der Waals surface area contributed by atoms with E-state index in [4.69, 9.17) is 32.5 Å². The monoisotopic (exact) mass is 393 g/mol. The normalized spacial score (nSPS) is 10.6. The van der Waals surface area contributed by atoms with E-state index in [1.165, 1.54) is 0 Å². The maximum absolute atomic E-state index is 12.0. The summed E-state index contributed by atoms with van der Waals surface area (Å²) < 4.78 is 10.3. The van der Waals surface area contributed by atoms with Crippen LogP contribution in [0.1, 0.15) is 5.82 Å². The Morgan fingerprint density at radius 3 is 2.73 bits per heavy atom. The van der Waals surface area contributed by atoms with Gasteiger partial charge in [0.1, 0.15) is 6.54 Å². The second-order valence-electron chi connectivity index (χ2n) is 5.23. The average molecular weight is 394 g/mol. The first kappa shape index (κ1) is 18.1. The molecular weight excluding hydrogens is 381 g/mol. The van der Waals surface area contributed by atoms with Crippen LogP contribution in [0, 0.1) is 0 Å². The van der Waals surface area contributed by atoms with Crippen molar-refractivity contribution in [2.75, 3.05) is 18.5 Å². The Labute approximate surface area is 158 Å². The van der Waals surface area contributed by atoms with Gasteiger partial charge in [-0.25, -0.2) is 0 Å². The third-order valence-corrected chi connectivity index (χ3v) is 3.84. The Balaban J connectivity index is 1.55. The van der Waals surface area contributed by atoms with Gasteiger partial charge in [-0.3, -0.25) is 4.79 Å². The molecule has 0 radical (unpaired) electrons. The number of ether oxygens (including phenoxy) is 1. The largest absolute Gasteiger partial charge is 0.456 e. The van der Waals surface area contributed by atoms with Crippen molar-refractivity contribution in [2.24, 2.45) is 0 Å². The molecule has 134 valence electrons. The molecule has 0 amide bonds. The highest BCUT2D eigenvalue weighted by Crippen LogP contribution is 2.25. The third kappa shape index (κ3) is 4.47. The molecule has 0 aliphatic carbocycles. The first-order valence-corrected chi connectivity index (χ1v) is 8.22. The van der Waals surface area contributed by atoms with Crippen LogP contribution in [-0.2, 0) is 16.1 Å². The molecule has 0 atom stereocenters. The Morgan fingerprint density at radius 1 is 1.19 bits per heavy atom. The predicted octanol–water partition coefficient (Wildman–Crippen LogP) is 3.01. The molecule has 2 aromatic heterocycles. The van der Waals surface area contributed by atoms with Gasteiger partial charge in [0, 0.05) is 7.05 Å². The van der Waals surface area contributed by atoms with Crippen molar-refractivity contribution in [1.82, 2.24) is 20.3 Å². The number of aromatic nitrogens is 4. The van der Waals surface area contributed by atoms with Crippen molar-refractivity contribution in [3.05, 3.63) is 52.4 Å². The Bertz CT molecular complexity index is 901. The summed E-state index contributed by atoms with van der Waals surface area (Å²) in [5.41, 5.74) is 0.611.